The normalized spacial score (nSPS) is 11.0. The predicted octanol–water partition coefficient (Wildman–Crippen LogP) is 7.78. The van der Waals surface area contributed by atoms with E-state index in [1.165, 1.54) is 31.7 Å². The lowest BCUT2D eigenvalue weighted by Crippen LogP contribution is -1.84. The van der Waals surface area contributed by atoms with Crippen molar-refractivity contribution in [3.05, 3.63) is 69.6 Å². The summed E-state index contributed by atoms with van der Waals surface area (Å²) in [6.45, 7) is 0. The van der Waals surface area contributed by atoms with Crippen molar-refractivity contribution >= 4 is 54.0 Å². The molecule has 0 aliphatic carbocycles. The zero-order valence-electron chi connectivity index (χ0n) is 14.8. The summed E-state index contributed by atoms with van der Waals surface area (Å²) in [7, 11) is 3.36. The maximum absolute atomic E-state index is 5.37. The molecule has 0 fully saturated rings. The van der Waals surface area contributed by atoms with E-state index in [1.54, 1.807) is 25.6 Å². The Balaban J connectivity index is 1.92. The van der Waals surface area contributed by atoms with Crippen LogP contribution in [0.1, 0.15) is 0 Å². The molecule has 1 aromatic heterocycles. The van der Waals surface area contributed by atoms with Gasteiger partial charge in [0.1, 0.15) is 11.5 Å². The highest BCUT2D eigenvalue weighted by Crippen LogP contribution is 2.46. The minimum absolute atomic E-state index is 0.832. The molecular weight excluding hydrogens is 488 g/mol. The molecule has 0 saturated heterocycles. The van der Waals surface area contributed by atoms with Crippen molar-refractivity contribution in [2.75, 3.05) is 14.2 Å². The molecule has 0 bridgehead atoms. The first-order chi connectivity index (χ1) is 13.1. The van der Waals surface area contributed by atoms with Gasteiger partial charge < -0.3 is 9.47 Å². The first kappa shape index (κ1) is 18.5. The van der Waals surface area contributed by atoms with Crippen LogP contribution in [0.4, 0.5) is 0 Å². The largest absolute Gasteiger partial charge is 0.496 e. The fraction of sp³-hybridized carbons (Fsp3) is 0.0909. The molecule has 5 heteroatoms. The van der Waals surface area contributed by atoms with Crippen LogP contribution in [0.2, 0.25) is 0 Å². The SMILES string of the molecule is COc1ccc(-c2sc(-c3ccc(OC)c(Br)c3)c3ccccc23)cc1Br. The van der Waals surface area contributed by atoms with Crippen LogP contribution in [-0.2, 0) is 0 Å². The maximum atomic E-state index is 5.37. The van der Waals surface area contributed by atoms with Crippen LogP contribution in [0.15, 0.2) is 69.6 Å². The summed E-state index contributed by atoms with van der Waals surface area (Å²) in [4.78, 5) is 2.49. The van der Waals surface area contributed by atoms with Gasteiger partial charge in [0.25, 0.3) is 0 Å². The van der Waals surface area contributed by atoms with Crippen LogP contribution < -0.4 is 9.47 Å². The van der Waals surface area contributed by atoms with Crippen LogP contribution in [0.3, 0.4) is 0 Å². The molecule has 136 valence electrons. The van der Waals surface area contributed by atoms with Crippen molar-refractivity contribution in [3.63, 3.8) is 0 Å². The molecule has 2 nitrogen and oxygen atoms in total. The Morgan fingerprint density at radius 1 is 0.667 bits per heavy atom. The Hall–Kier alpha value is -1.82. The van der Waals surface area contributed by atoms with E-state index < -0.39 is 0 Å². The number of thiophene rings is 1. The zero-order valence-corrected chi connectivity index (χ0v) is 18.7. The van der Waals surface area contributed by atoms with Gasteiger partial charge in [-0.3, -0.25) is 0 Å². The van der Waals surface area contributed by atoms with Gasteiger partial charge in [-0.25, -0.2) is 0 Å². The Morgan fingerprint density at radius 2 is 1.11 bits per heavy atom. The first-order valence-corrected chi connectivity index (χ1v) is 10.7. The molecule has 0 aliphatic rings. The van der Waals surface area contributed by atoms with Crippen LogP contribution in [0.5, 0.6) is 11.5 Å². The van der Waals surface area contributed by atoms with E-state index in [4.69, 9.17) is 9.47 Å². The molecule has 0 aliphatic heterocycles. The fourth-order valence-corrected chi connectivity index (χ4v) is 5.49. The van der Waals surface area contributed by atoms with Crippen molar-refractivity contribution in [3.8, 4) is 32.4 Å². The van der Waals surface area contributed by atoms with Gasteiger partial charge >= 0.3 is 0 Å². The average molecular weight is 504 g/mol. The molecule has 0 unspecified atom stereocenters. The van der Waals surface area contributed by atoms with Crippen molar-refractivity contribution in [1.29, 1.82) is 0 Å². The van der Waals surface area contributed by atoms with Crippen LogP contribution in [0, 0.1) is 0 Å². The Kier molecular flexibility index (Phi) is 5.26. The van der Waals surface area contributed by atoms with E-state index in [-0.39, 0.29) is 0 Å². The molecule has 0 spiro atoms. The molecule has 3 aromatic carbocycles. The molecular formula is C22H16Br2O2S. The molecule has 0 radical (unpaired) electrons. The highest BCUT2D eigenvalue weighted by Gasteiger charge is 2.16. The van der Waals surface area contributed by atoms with Gasteiger partial charge in [0.2, 0.25) is 0 Å². The number of methoxy groups -OCH3 is 2. The zero-order chi connectivity index (χ0) is 19.0. The van der Waals surface area contributed by atoms with Crippen molar-refractivity contribution in [2.45, 2.75) is 0 Å². The fourth-order valence-electron chi connectivity index (χ4n) is 3.14. The topological polar surface area (TPSA) is 18.5 Å². The summed E-state index contributed by atoms with van der Waals surface area (Å²) in [6.07, 6.45) is 0. The van der Waals surface area contributed by atoms with Gasteiger partial charge in [-0.05, 0) is 79.4 Å². The number of fused-ring (bicyclic) bond motifs is 1. The van der Waals surface area contributed by atoms with Gasteiger partial charge in [-0.2, -0.15) is 0 Å². The van der Waals surface area contributed by atoms with E-state index in [1.807, 2.05) is 12.1 Å². The lowest BCUT2D eigenvalue weighted by atomic mass is 10.0. The molecule has 0 amide bonds. The van der Waals surface area contributed by atoms with E-state index in [9.17, 15) is 0 Å². The number of benzene rings is 3. The van der Waals surface area contributed by atoms with Crippen LogP contribution in [-0.4, -0.2) is 14.2 Å². The standard InChI is InChI=1S/C22H16Br2O2S/c1-25-19-9-7-13(11-17(19)23)21-15-5-3-4-6-16(15)22(27-21)14-8-10-20(26-2)18(24)12-14/h3-12H,1-2H3. The number of hydrogen-bond donors (Lipinski definition) is 0. The minimum Gasteiger partial charge on any atom is -0.496 e. The quantitative estimate of drug-likeness (QED) is 0.283. The second-order valence-corrected chi connectivity index (χ2v) is 8.73. The summed E-state index contributed by atoms with van der Waals surface area (Å²) in [5.41, 5.74) is 2.34. The monoisotopic (exact) mass is 502 g/mol. The first-order valence-electron chi connectivity index (χ1n) is 8.31. The summed E-state index contributed by atoms with van der Waals surface area (Å²) < 4.78 is 12.6. The predicted molar refractivity (Wildman–Crippen MR) is 121 cm³/mol. The van der Waals surface area contributed by atoms with E-state index >= 15 is 0 Å². The number of ether oxygens (including phenoxy) is 2. The van der Waals surface area contributed by atoms with E-state index in [0.29, 0.717) is 0 Å². The maximum Gasteiger partial charge on any atom is 0.133 e. The average Bonchev–Trinajstić information content (AvgIpc) is 3.07. The summed E-state index contributed by atoms with van der Waals surface area (Å²) in [6, 6.07) is 21.0. The Morgan fingerprint density at radius 3 is 1.48 bits per heavy atom. The molecule has 27 heavy (non-hydrogen) atoms. The number of halogens is 2. The van der Waals surface area contributed by atoms with Crippen molar-refractivity contribution in [2.24, 2.45) is 0 Å². The number of hydrogen-bond acceptors (Lipinski definition) is 3. The third-order valence-electron chi connectivity index (χ3n) is 4.45. The number of rotatable bonds is 4. The lowest BCUT2D eigenvalue weighted by molar-refractivity contribution is 0.412. The molecule has 0 saturated carbocycles. The third kappa shape index (κ3) is 3.40. The van der Waals surface area contributed by atoms with Gasteiger partial charge in [0.15, 0.2) is 0 Å². The minimum atomic E-state index is 0.832. The van der Waals surface area contributed by atoms with Crippen LogP contribution in [0.25, 0.3) is 31.7 Å². The summed E-state index contributed by atoms with van der Waals surface area (Å²) in [5, 5.41) is 2.50. The lowest BCUT2D eigenvalue weighted by Gasteiger charge is -2.06. The van der Waals surface area contributed by atoms with E-state index in [2.05, 4.69) is 80.4 Å². The molecule has 4 aromatic rings. The highest BCUT2D eigenvalue weighted by molar-refractivity contribution is 9.10. The molecule has 1 heterocycles. The Labute approximate surface area is 179 Å². The third-order valence-corrected chi connectivity index (χ3v) is 7.01. The van der Waals surface area contributed by atoms with Crippen molar-refractivity contribution in [1.82, 2.24) is 0 Å². The van der Waals surface area contributed by atoms with E-state index in [0.717, 1.165) is 20.4 Å². The van der Waals surface area contributed by atoms with Crippen molar-refractivity contribution < 1.29 is 9.47 Å². The second kappa shape index (κ2) is 7.66. The van der Waals surface area contributed by atoms with Crippen LogP contribution >= 0.6 is 43.2 Å². The summed E-state index contributed by atoms with van der Waals surface area (Å²) in [5.74, 6) is 1.66. The van der Waals surface area contributed by atoms with Gasteiger partial charge in [-0.1, -0.05) is 24.3 Å². The highest BCUT2D eigenvalue weighted by atomic mass is 79.9. The van der Waals surface area contributed by atoms with Gasteiger partial charge in [0.05, 0.1) is 23.2 Å². The molecule has 0 N–H and O–H groups in total. The van der Waals surface area contributed by atoms with Gasteiger partial charge in [-0.15, -0.1) is 11.3 Å². The summed E-state index contributed by atoms with van der Waals surface area (Å²) >= 11 is 9.01. The molecule has 0 atom stereocenters. The Bertz CT molecular complexity index is 1050. The smallest absolute Gasteiger partial charge is 0.133 e. The molecule has 4 rings (SSSR count). The second-order valence-electron chi connectivity index (χ2n) is 6.00. The van der Waals surface area contributed by atoms with Gasteiger partial charge in [0, 0.05) is 20.5 Å².